The summed E-state index contributed by atoms with van der Waals surface area (Å²) in [6, 6.07) is 13.2. The highest BCUT2D eigenvalue weighted by Gasteiger charge is 2.32. The molecule has 0 saturated carbocycles. The maximum absolute atomic E-state index is 12.5. The van der Waals surface area contributed by atoms with Gasteiger partial charge in [0.1, 0.15) is 11.5 Å². The fourth-order valence-electron chi connectivity index (χ4n) is 2.86. The highest BCUT2D eigenvalue weighted by atomic mass is 35.5. The van der Waals surface area contributed by atoms with Gasteiger partial charge in [0.2, 0.25) is 0 Å². The van der Waals surface area contributed by atoms with Crippen LogP contribution in [0, 0.1) is 0 Å². The normalized spacial score (nSPS) is 16.5. The van der Waals surface area contributed by atoms with Gasteiger partial charge in [0.15, 0.2) is 0 Å². The minimum absolute atomic E-state index is 0.263. The molecule has 0 radical (unpaired) electrons. The van der Waals surface area contributed by atoms with Crippen LogP contribution < -0.4 is 15.4 Å². The van der Waals surface area contributed by atoms with Gasteiger partial charge < -0.3 is 20.1 Å². The molecule has 2 N–H and O–H groups in total. The third kappa shape index (κ3) is 4.64. The van der Waals surface area contributed by atoms with Crippen LogP contribution >= 0.6 is 11.6 Å². The Labute approximate surface area is 168 Å². The molecule has 2 aromatic rings. The molecule has 0 aromatic heterocycles. The highest BCUT2D eigenvalue weighted by molar-refractivity contribution is 6.30. The fourth-order valence-corrected chi connectivity index (χ4v) is 2.99. The Bertz CT molecular complexity index is 905. The van der Waals surface area contributed by atoms with E-state index in [2.05, 4.69) is 10.6 Å². The molecule has 1 heterocycles. The molecule has 146 valence electrons. The Kier molecular flexibility index (Phi) is 5.90. The zero-order chi connectivity index (χ0) is 20.3. The van der Waals surface area contributed by atoms with Crippen LogP contribution in [0.3, 0.4) is 0 Å². The van der Waals surface area contributed by atoms with E-state index >= 15 is 0 Å². The summed E-state index contributed by atoms with van der Waals surface area (Å²) in [5.41, 5.74) is 1.59. The number of nitrogens with one attached hydrogen (secondary N) is 2. The van der Waals surface area contributed by atoms with Gasteiger partial charge in [0.05, 0.1) is 17.7 Å². The Morgan fingerprint density at radius 3 is 2.18 bits per heavy atom. The van der Waals surface area contributed by atoms with Crippen molar-refractivity contribution >= 4 is 23.6 Å². The first-order valence-electron chi connectivity index (χ1n) is 8.86. The smallest absolute Gasteiger partial charge is 0.338 e. The summed E-state index contributed by atoms with van der Waals surface area (Å²) in [7, 11) is 0. The number of allylic oxidation sites excluding steroid dienone is 1. The van der Waals surface area contributed by atoms with E-state index in [0.29, 0.717) is 27.8 Å². The van der Waals surface area contributed by atoms with E-state index in [0.717, 1.165) is 5.56 Å². The SMILES string of the molecule is CC1=C(C(=O)OC(C)C)C(c2ccc(Oc3ccc(Cl)cc3)cc2)NC(=O)N1. The molecule has 0 aliphatic carbocycles. The molecule has 3 rings (SSSR count). The van der Waals surface area contributed by atoms with Crippen molar-refractivity contribution in [1.82, 2.24) is 10.6 Å². The van der Waals surface area contributed by atoms with Crippen LogP contribution in [0.1, 0.15) is 32.4 Å². The number of rotatable bonds is 5. The zero-order valence-electron chi connectivity index (χ0n) is 15.8. The molecule has 1 atom stereocenters. The van der Waals surface area contributed by atoms with Crippen molar-refractivity contribution in [2.45, 2.75) is 32.9 Å². The number of carbonyl (C=O) groups excluding carboxylic acids is 2. The molecule has 0 bridgehead atoms. The van der Waals surface area contributed by atoms with Gasteiger partial charge in [0.25, 0.3) is 0 Å². The summed E-state index contributed by atoms with van der Waals surface area (Å²) < 4.78 is 11.1. The van der Waals surface area contributed by atoms with E-state index < -0.39 is 12.0 Å². The Morgan fingerprint density at radius 2 is 1.61 bits per heavy atom. The average molecular weight is 401 g/mol. The van der Waals surface area contributed by atoms with Crippen molar-refractivity contribution in [2.75, 3.05) is 0 Å². The van der Waals surface area contributed by atoms with E-state index in [1.165, 1.54) is 0 Å². The third-order valence-corrected chi connectivity index (χ3v) is 4.35. The Morgan fingerprint density at radius 1 is 1.04 bits per heavy atom. The van der Waals surface area contributed by atoms with Crippen molar-refractivity contribution in [2.24, 2.45) is 0 Å². The lowest BCUT2D eigenvalue weighted by atomic mass is 9.95. The Balaban J connectivity index is 1.83. The number of amides is 2. The van der Waals surface area contributed by atoms with Crippen LogP contribution in [-0.2, 0) is 9.53 Å². The topological polar surface area (TPSA) is 76.7 Å². The molecule has 2 amide bonds. The zero-order valence-corrected chi connectivity index (χ0v) is 16.5. The van der Waals surface area contributed by atoms with Crippen LogP contribution in [0.5, 0.6) is 11.5 Å². The van der Waals surface area contributed by atoms with Crippen molar-refractivity contribution in [3.8, 4) is 11.5 Å². The summed E-state index contributed by atoms with van der Waals surface area (Å²) in [5.74, 6) is 0.814. The van der Waals surface area contributed by atoms with Gasteiger partial charge in [-0.15, -0.1) is 0 Å². The molecule has 6 nitrogen and oxygen atoms in total. The van der Waals surface area contributed by atoms with Crippen molar-refractivity contribution in [3.05, 3.63) is 70.4 Å². The number of halogens is 1. The number of hydrogen-bond acceptors (Lipinski definition) is 4. The van der Waals surface area contributed by atoms with Gasteiger partial charge in [-0.1, -0.05) is 23.7 Å². The predicted octanol–water partition coefficient (Wildman–Crippen LogP) is 4.71. The molecule has 2 aromatic carbocycles. The second-order valence-corrected chi connectivity index (χ2v) is 7.09. The summed E-state index contributed by atoms with van der Waals surface area (Å²) in [5, 5.41) is 6.04. The number of hydrogen-bond donors (Lipinski definition) is 2. The van der Waals surface area contributed by atoms with Gasteiger partial charge in [-0.25, -0.2) is 9.59 Å². The highest BCUT2D eigenvalue weighted by Crippen LogP contribution is 2.30. The summed E-state index contributed by atoms with van der Waals surface area (Å²) >= 11 is 5.88. The number of carbonyl (C=O) groups is 2. The van der Waals surface area contributed by atoms with E-state index in [1.807, 2.05) is 0 Å². The molecular weight excluding hydrogens is 380 g/mol. The number of esters is 1. The van der Waals surface area contributed by atoms with Gasteiger partial charge in [-0.2, -0.15) is 0 Å². The maximum Gasteiger partial charge on any atom is 0.338 e. The maximum atomic E-state index is 12.5. The lowest BCUT2D eigenvalue weighted by Crippen LogP contribution is -2.45. The second-order valence-electron chi connectivity index (χ2n) is 6.65. The molecule has 1 aliphatic rings. The molecule has 7 heteroatoms. The minimum Gasteiger partial charge on any atom is -0.459 e. The quantitative estimate of drug-likeness (QED) is 0.712. The summed E-state index contributed by atoms with van der Waals surface area (Å²) in [6.45, 7) is 5.24. The van der Waals surface area contributed by atoms with Crippen LogP contribution in [0.25, 0.3) is 0 Å². The predicted molar refractivity (Wildman–Crippen MR) is 106 cm³/mol. The molecule has 1 aliphatic heterocycles. The van der Waals surface area contributed by atoms with Crippen molar-refractivity contribution in [1.29, 1.82) is 0 Å². The lowest BCUT2D eigenvalue weighted by molar-refractivity contribution is -0.143. The van der Waals surface area contributed by atoms with E-state index in [9.17, 15) is 9.59 Å². The van der Waals surface area contributed by atoms with Gasteiger partial charge >= 0.3 is 12.0 Å². The Hall–Kier alpha value is -2.99. The first-order chi connectivity index (χ1) is 13.3. The fraction of sp³-hybridized carbons (Fsp3) is 0.238. The van der Waals surface area contributed by atoms with Crippen LogP contribution in [0.15, 0.2) is 59.8 Å². The molecular formula is C21H21ClN2O4. The molecule has 0 saturated heterocycles. The standard InChI is InChI=1S/C21H21ClN2O4/c1-12(2)27-20(25)18-13(3)23-21(26)24-19(18)14-4-8-16(9-5-14)28-17-10-6-15(22)7-11-17/h4-12,19H,1-3H3,(H2,23,24,26). The first kappa shape index (κ1) is 19.8. The first-order valence-corrected chi connectivity index (χ1v) is 9.24. The van der Waals surface area contributed by atoms with E-state index in [-0.39, 0.29) is 12.1 Å². The average Bonchev–Trinajstić information content (AvgIpc) is 2.63. The molecule has 0 spiro atoms. The van der Waals surface area contributed by atoms with Crippen LogP contribution in [0.4, 0.5) is 4.79 Å². The monoisotopic (exact) mass is 400 g/mol. The minimum atomic E-state index is -0.607. The number of benzene rings is 2. The van der Waals surface area contributed by atoms with Crippen molar-refractivity contribution < 1.29 is 19.1 Å². The summed E-state index contributed by atoms with van der Waals surface area (Å²) in [4.78, 5) is 24.5. The van der Waals surface area contributed by atoms with Gasteiger partial charge in [0, 0.05) is 10.7 Å². The molecule has 28 heavy (non-hydrogen) atoms. The lowest BCUT2D eigenvalue weighted by Gasteiger charge is -2.28. The molecule has 1 unspecified atom stereocenters. The van der Waals surface area contributed by atoms with Gasteiger partial charge in [-0.3, -0.25) is 0 Å². The van der Waals surface area contributed by atoms with Gasteiger partial charge in [-0.05, 0) is 62.7 Å². The number of urea groups is 1. The van der Waals surface area contributed by atoms with Crippen LogP contribution in [0.2, 0.25) is 5.02 Å². The molecule has 0 fully saturated rings. The largest absolute Gasteiger partial charge is 0.459 e. The van der Waals surface area contributed by atoms with Crippen molar-refractivity contribution in [3.63, 3.8) is 0 Å². The van der Waals surface area contributed by atoms with Crippen LogP contribution in [-0.4, -0.2) is 18.1 Å². The van der Waals surface area contributed by atoms with E-state index in [1.54, 1.807) is 69.3 Å². The third-order valence-electron chi connectivity index (χ3n) is 4.09. The second kappa shape index (κ2) is 8.35. The van der Waals surface area contributed by atoms with E-state index in [4.69, 9.17) is 21.1 Å². The summed E-state index contributed by atoms with van der Waals surface area (Å²) in [6.07, 6.45) is -0.263. The number of ether oxygens (including phenoxy) is 2.